The fraction of sp³-hybridized carbons (Fsp3) is 0.136. The van der Waals surface area contributed by atoms with Crippen LogP contribution in [0.5, 0.6) is 0 Å². The second-order valence-corrected chi connectivity index (χ2v) is 6.43. The molecule has 3 heteroatoms. The number of benzene rings is 3. The molecule has 1 aromatic heterocycles. The van der Waals surface area contributed by atoms with Gasteiger partial charge in [0, 0.05) is 21.8 Å². The topological polar surface area (TPSA) is 42.1 Å². The molecular formula is C22H17NO2. The Bertz CT molecular complexity index is 1150. The fourth-order valence-corrected chi connectivity index (χ4v) is 4.04. The highest BCUT2D eigenvalue weighted by Crippen LogP contribution is 2.43. The molecule has 0 radical (unpaired) electrons. The molecule has 1 aliphatic carbocycles. The normalized spacial score (nSPS) is 12.4. The van der Waals surface area contributed by atoms with E-state index in [1.807, 2.05) is 31.2 Å². The van der Waals surface area contributed by atoms with Crippen LogP contribution in [0.3, 0.4) is 0 Å². The summed E-state index contributed by atoms with van der Waals surface area (Å²) in [5, 5.41) is 2.04. The monoisotopic (exact) mass is 327 g/mol. The van der Waals surface area contributed by atoms with Gasteiger partial charge >= 0.3 is 5.97 Å². The number of aromatic nitrogens is 1. The summed E-state index contributed by atoms with van der Waals surface area (Å²) in [6.45, 7) is 2.22. The molecule has 0 unspecified atom stereocenters. The number of hydrogen-bond acceptors (Lipinski definition) is 2. The molecule has 25 heavy (non-hydrogen) atoms. The van der Waals surface area contributed by atoms with Crippen LogP contribution in [0.15, 0.2) is 54.6 Å². The Kier molecular flexibility index (Phi) is 2.98. The van der Waals surface area contributed by atoms with Gasteiger partial charge in [0.05, 0.1) is 12.2 Å². The number of fused-ring (bicyclic) bond motifs is 6. The second kappa shape index (κ2) is 5.21. The fourth-order valence-electron chi connectivity index (χ4n) is 4.04. The first-order chi connectivity index (χ1) is 12.3. The van der Waals surface area contributed by atoms with Crippen molar-refractivity contribution in [2.24, 2.45) is 0 Å². The quantitative estimate of drug-likeness (QED) is 0.460. The van der Waals surface area contributed by atoms with Gasteiger partial charge in [0.1, 0.15) is 0 Å². The molecule has 0 saturated carbocycles. The van der Waals surface area contributed by atoms with Gasteiger partial charge in [-0.05, 0) is 47.7 Å². The van der Waals surface area contributed by atoms with E-state index in [0.717, 1.165) is 39.4 Å². The van der Waals surface area contributed by atoms with Gasteiger partial charge in [-0.2, -0.15) is 0 Å². The van der Waals surface area contributed by atoms with Crippen molar-refractivity contribution in [3.8, 4) is 11.1 Å². The van der Waals surface area contributed by atoms with E-state index in [1.54, 1.807) is 0 Å². The Morgan fingerprint density at radius 2 is 1.84 bits per heavy atom. The molecule has 1 heterocycles. The van der Waals surface area contributed by atoms with Crippen molar-refractivity contribution in [2.45, 2.75) is 13.3 Å². The molecule has 0 spiro atoms. The molecule has 1 aliphatic rings. The zero-order chi connectivity index (χ0) is 17.0. The van der Waals surface area contributed by atoms with E-state index in [-0.39, 0.29) is 5.97 Å². The van der Waals surface area contributed by atoms with Gasteiger partial charge in [0.25, 0.3) is 0 Å². The average Bonchev–Trinajstić information content (AvgIpc) is 3.18. The highest BCUT2D eigenvalue weighted by molar-refractivity contribution is 6.19. The standard InChI is InChI=1S/C22H17NO2/c1-2-25-22(24)21-17-11-13-7-3-4-8-14(13)16(17)12-19-20(21)15-9-5-6-10-18(15)23-19/h3-10,12,23H,2,11H2,1H3. The van der Waals surface area contributed by atoms with Crippen LogP contribution in [-0.4, -0.2) is 17.6 Å². The number of carbonyl (C=O) groups excluding carboxylic acids is 1. The van der Waals surface area contributed by atoms with Gasteiger partial charge in [0.15, 0.2) is 0 Å². The summed E-state index contributed by atoms with van der Waals surface area (Å²) < 4.78 is 5.43. The molecule has 3 nitrogen and oxygen atoms in total. The van der Waals surface area contributed by atoms with Crippen molar-refractivity contribution in [3.63, 3.8) is 0 Å². The lowest BCUT2D eigenvalue weighted by Crippen LogP contribution is -2.08. The molecular weight excluding hydrogens is 310 g/mol. The lowest BCUT2D eigenvalue weighted by molar-refractivity contribution is 0.0528. The molecule has 0 bridgehead atoms. The minimum absolute atomic E-state index is 0.234. The van der Waals surface area contributed by atoms with Crippen LogP contribution >= 0.6 is 0 Å². The molecule has 5 rings (SSSR count). The van der Waals surface area contributed by atoms with Crippen LogP contribution in [-0.2, 0) is 11.2 Å². The van der Waals surface area contributed by atoms with Crippen molar-refractivity contribution in [3.05, 3.63) is 71.3 Å². The molecule has 0 amide bonds. The molecule has 122 valence electrons. The van der Waals surface area contributed by atoms with Crippen LogP contribution in [0, 0.1) is 0 Å². The molecule has 0 atom stereocenters. The lowest BCUT2D eigenvalue weighted by Gasteiger charge is -2.10. The predicted octanol–water partition coefficient (Wildman–Crippen LogP) is 5.07. The number of aromatic amines is 1. The Labute approximate surface area is 145 Å². The predicted molar refractivity (Wildman–Crippen MR) is 100 cm³/mol. The third kappa shape index (κ3) is 1.96. The van der Waals surface area contributed by atoms with Gasteiger partial charge in [-0.25, -0.2) is 4.79 Å². The third-order valence-electron chi connectivity index (χ3n) is 5.05. The highest BCUT2D eigenvalue weighted by Gasteiger charge is 2.28. The van der Waals surface area contributed by atoms with Gasteiger partial charge in [-0.1, -0.05) is 42.5 Å². The summed E-state index contributed by atoms with van der Waals surface area (Å²) in [4.78, 5) is 16.3. The van der Waals surface area contributed by atoms with E-state index in [1.165, 1.54) is 11.1 Å². The van der Waals surface area contributed by atoms with Crippen LogP contribution in [0.2, 0.25) is 0 Å². The highest BCUT2D eigenvalue weighted by atomic mass is 16.5. The maximum atomic E-state index is 12.9. The van der Waals surface area contributed by atoms with E-state index < -0.39 is 0 Å². The molecule has 3 aromatic carbocycles. The molecule has 0 aliphatic heterocycles. The SMILES string of the molecule is CCOC(=O)c1c2c(cc3[nH]c4ccccc4c13)-c1ccccc1C2. The van der Waals surface area contributed by atoms with E-state index in [4.69, 9.17) is 4.74 Å². The molecule has 4 aromatic rings. The number of carbonyl (C=O) groups is 1. The summed E-state index contributed by atoms with van der Waals surface area (Å²) in [7, 11) is 0. The Morgan fingerprint density at radius 3 is 2.72 bits per heavy atom. The summed E-state index contributed by atoms with van der Waals surface area (Å²) >= 11 is 0. The van der Waals surface area contributed by atoms with E-state index in [2.05, 4.69) is 35.3 Å². The smallest absolute Gasteiger partial charge is 0.339 e. The first-order valence-electron chi connectivity index (χ1n) is 8.59. The van der Waals surface area contributed by atoms with Gasteiger partial charge in [0.2, 0.25) is 0 Å². The van der Waals surface area contributed by atoms with Crippen molar-refractivity contribution < 1.29 is 9.53 Å². The number of para-hydroxylation sites is 1. The number of ether oxygens (including phenoxy) is 1. The van der Waals surface area contributed by atoms with Gasteiger partial charge in [-0.15, -0.1) is 0 Å². The third-order valence-corrected chi connectivity index (χ3v) is 5.05. The first kappa shape index (κ1) is 14.3. The molecule has 1 N–H and O–H groups in total. The summed E-state index contributed by atoms with van der Waals surface area (Å²) in [6.07, 6.45) is 0.773. The zero-order valence-electron chi connectivity index (χ0n) is 13.9. The van der Waals surface area contributed by atoms with Crippen LogP contribution < -0.4 is 0 Å². The Balaban J connectivity index is 1.92. The summed E-state index contributed by atoms with van der Waals surface area (Å²) in [5.74, 6) is -0.234. The Hall–Kier alpha value is -3.07. The largest absolute Gasteiger partial charge is 0.462 e. The van der Waals surface area contributed by atoms with Crippen LogP contribution in [0.4, 0.5) is 0 Å². The van der Waals surface area contributed by atoms with Crippen LogP contribution in [0.1, 0.15) is 28.4 Å². The van der Waals surface area contributed by atoms with E-state index in [9.17, 15) is 4.79 Å². The lowest BCUT2D eigenvalue weighted by atomic mass is 9.96. The van der Waals surface area contributed by atoms with Crippen molar-refractivity contribution in [1.82, 2.24) is 4.98 Å². The maximum absolute atomic E-state index is 12.9. The Morgan fingerprint density at radius 1 is 1.04 bits per heavy atom. The average molecular weight is 327 g/mol. The van der Waals surface area contributed by atoms with Crippen LogP contribution in [0.25, 0.3) is 32.9 Å². The number of rotatable bonds is 2. The van der Waals surface area contributed by atoms with Gasteiger partial charge in [-0.3, -0.25) is 0 Å². The number of hydrogen-bond donors (Lipinski definition) is 1. The van der Waals surface area contributed by atoms with Crippen molar-refractivity contribution >= 4 is 27.8 Å². The molecule has 0 saturated heterocycles. The first-order valence-corrected chi connectivity index (χ1v) is 8.59. The van der Waals surface area contributed by atoms with Crippen molar-refractivity contribution in [2.75, 3.05) is 6.61 Å². The van der Waals surface area contributed by atoms with E-state index >= 15 is 0 Å². The second-order valence-electron chi connectivity index (χ2n) is 6.43. The van der Waals surface area contributed by atoms with Gasteiger partial charge < -0.3 is 9.72 Å². The number of nitrogens with one attached hydrogen (secondary N) is 1. The summed E-state index contributed by atoms with van der Waals surface area (Å²) in [5.41, 5.74) is 7.43. The zero-order valence-corrected chi connectivity index (χ0v) is 13.9. The minimum Gasteiger partial charge on any atom is -0.462 e. The molecule has 0 fully saturated rings. The number of esters is 1. The summed E-state index contributed by atoms with van der Waals surface area (Å²) in [6, 6.07) is 18.7. The maximum Gasteiger partial charge on any atom is 0.339 e. The number of H-pyrrole nitrogens is 1. The van der Waals surface area contributed by atoms with Crippen molar-refractivity contribution in [1.29, 1.82) is 0 Å². The van der Waals surface area contributed by atoms with E-state index in [0.29, 0.717) is 12.2 Å². The minimum atomic E-state index is -0.234.